The summed E-state index contributed by atoms with van der Waals surface area (Å²) in [6.45, 7) is 19.1. The van der Waals surface area contributed by atoms with Gasteiger partial charge in [-0.25, -0.2) is 9.98 Å². The van der Waals surface area contributed by atoms with E-state index >= 15 is 0 Å². The number of ether oxygens (including phenoxy) is 1. The number of hydrogen-bond donors (Lipinski definition) is 2. The maximum absolute atomic E-state index is 12.3. The number of aromatic amines is 2. The lowest BCUT2D eigenvalue weighted by Crippen LogP contribution is -2.14. The van der Waals surface area contributed by atoms with Gasteiger partial charge >= 0.3 is 0 Å². The first kappa shape index (κ1) is 33.9. The Hall–Kier alpha value is -4.97. The van der Waals surface area contributed by atoms with Crippen LogP contribution < -0.4 is 10.7 Å². The molecule has 0 saturated heterocycles. The SMILES string of the molecule is CCC1=C(C)C(=O)N=C1/C=c1/[nH]/c(=C\c2[nH]c(/C=C3\N=C(O[C@H](C)c4ccc5ccccc5c4)C(C)=C3CC)c(C)c2CC)c(CC)c1C. The average molecular weight is 653 g/mol. The molecule has 4 aromatic rings. The Labute approximate surface area is 289 Å². The minimum Gasteiger partial charge on any atom is -0.470 e. The molecule has 0 bridgehead atoms. The van der Waals surface area contributed by atoms with Crippen molar-refractivity contribution >= 4 is 46.5 Å². The number of rotatable bonds is 9. The number of hydrogen-bond acceptors (Lipinski definition) is 3. The monoisotopic (exact) mass is 652 g/mol. The summed E-state index contributed by atoms with van der Waals surface area (Å²) < 4.78 is 6.53. The lowest BCUT2D eigenvalue weighted by Gasteiger charge is -2.16. The maximum Gasteiger partial charge on any atom is 0.273 e. The number of H-pyrrole nitrogens is 2. The van der Waals surface area contributed by atoms with Crippen molar-refractivity contribution in [3.05, 3.63) is 120 Å². The van der Waals surface area contributed by atoms with Gasteiger partial charge < -0.3 is 14.7 Å². The van der Waals surface area contributed by atoms with Crippen molar-refractivity contribution in [2.75, 3.05) is 0 Å². The van der Waals surface area contributed by atoms with E-state index in [2.05, 4.69) is 125 Å². The van der Waals surface area contributed by atoms with Crippen molar-refractivity contribution in [3.63, 3.8) is 0 Å². The maximum atomic E-state index is 12.3. The molecule has 6 rings (SSSR count). The second kappa shape index (κ2) is 13.9. The molecule has 6 nitrogen and oxygen atoms in total. The molecule has 0 fully saturated rings. The van der Waals surface area contributed by atoms with Crippen LogP contribution in [0.3, 0.4) is 0 Å². The predicted molar refractivity (Wildman–Crippen MR) is 204 cm³/mol. The zero-order valence-electron chi connectivity index (χ0n) is 30.4. The molecule has 1 atom stereocenters. The van der Waals surface area contributed by atoms with Crippen molar-refractivity contribution in [2.24, 2.45) is 9.98 Å². The van der Waals surface area contributed by atoms with Crippen LogP contribution in [-0.2, 0) is 22.4 Å². The summed E-state index contributed by atoms with van der Waals surface area (Å²) in [5.74, 6) is 0.561. The third-order valence-electron chi connectivity index (χ3n) is 10.3. The normalized spacial score (nSPS) is 17.3. The number of carbonyl (C=O) groups is 1. The van der Waals surface area contributed by atoms with Gasteiger partial charge in [0.05, 0.1) is 11.4 Å². The number of benzene rings is 2. The number of nitrogens with zero attached hydrogens (tertiary/aromatic N) is 2. The number of aromatic nitrogens is 2. The van der Waals surface area contributed by atoms with Gasteiger partial charge in [0.25, 0.3) is 5.91 Å². The van der Waals surface area contributed by atoms with Crippen molar-refractivity contribution in [2.45, 2.75) is 94.1 Å². The Morgan fingerprint density at radius 3 is 2.12 bits per heavy atom. The van der Waals surface area contributed by atoms with Crippen LogP contribution in [0.1, 0.15) is 107 Å². The van der Waals surface area contributed by atoms with Gasteiger partial charge in [0.15, 0.2) is 0 Å². The zero-order chi connectivity index (χ0) is 35.0. The summed E-state index contributed by atoms with van der Waals surface area (Å²) in [6.07, 6.45) is 9.75. The van der Waals surface area contributed by atoms with Crippen LogP contribution >= 0.6 is 0 Å². The lowest BCUT2D eigenvalue weighted by molar-refractivity contribution is -0.114. The number of nitrogens with one attached hydrogen (secondary N) is 2. The van der Waals surface area contributed by atoms with Crippen LogP contribution in [0, 0.1) is 13.8 Å². The first-order valence-corrected chi connectivity index (χ1v) is 17.7. The molecule has 2 aliphatic rings. The molecule has 0 saturated carbocycles. The Morgan fingerprint density at radius 1 is 0.714 bits per heavy atom. The number of carbonyl (C=O) groups excluding carboxylic acids is 1. The minimum absolute atomic E-state index is 0.133. The molecule has 0 unspecified atom stereocenters. The zero-order valence-corrected chi connectivity index (χ0v) is 30.4. The van der Waals surface area contributed by atoms with Gasteiger partial charge in [-0.2, -0.15) is 0 Å². The summed E-state index contributed by atoms with van der Waals surface area (Å²) in [6, 6.07) is 14.9. The van der Waals surface area contributed by atoms with Crippen molar-refractivity contribution < 1.29 is 9.53 Å². The van der Waals surface area contributed by atoms with Crippen molar-refractivity contribution in [1.29, 1.82) is 0 Å². The number of amides is 1. The highest BCUT2D eigenvalue weighted by molar-refractivity contribution is 6.30. The first-order chi connectivity index (χ1) is 23.6. The van der Waals surface area contributed by atoms with Crippen LogP contribution in [0.2, 0.25) is 0 Å². The quantitative estimate of drug-likeness (QED) is 0.189. The van der Waals surface area contributed by atoms with Crippen LogP contribution in [0.4, 0.5) is 0 Å². The summed E-state index contributed by atoms with van der Waals surface area (Å²) in [7, 11) is 0. The smallest absolute Gasteiger partial charge is 0.273 e. The number of allylic oxidation sites excluding steroid dienone is 2. The van der Waals surface area contributed by atoms with Gasteiger partial charge in [-0.05, 0) is 134 Å². The fraction of sp³-hybridized carbons (Fsp3) is 0.326. The molecule has 2 aliphatic heterocycles. The van der Waals surface area contributed by atoms with E-state index in [1.54, 1.807) is 0 Å². The standard InChI is InChI=1S/C43H48N4O2/c1-10-32-24(5)36(21-40-34(12-3)26(7)42(48)46-40)44-38(32)23-39-33(11-2)25(6)37(45-39)22-41-35(13-4)27(8)43(47-41)49-28(9)30-19-18-29-16-14-15-17-31(29)20-30/h14-23,28,44-45H,10-13H2,1-9H3/b36-21+,38-23-,41-22-/t28-/m1/s1. The topological polar surface area (TPSA) is 82.6 Å². The van der Waals surface area contributed by atoms with Crippen molar-refractivity contribution in [3.8, 4) is 0 Å². The van der Waals surface area contributed by atoms with E-state index < -0.39 is 0 Å². The minimum atomic E-state index is -0.134. The highest BCUT2D eigenvalue weighted by atomic mass is 16.5. The van der Waals surface area contributed by atoms with E-state index in [4.69, 9.17) is 9.73 Å². The molecular weight excluding hydrogens is 604 g/mol. The summed E-state index contributed by atoms with van der Waals surface area (Å²) >= 11 is 0. The second-order valence-corrected chi connectivity index (χ2v) is 13.1. The summed E-state index contributed by atoms with van der Waals surface area (Å²) in [4.78, 5) is 29.1. The second-order valence-electron chi connectivity index (χ2n) is 13.1. The molecular formula is C43H48N4O2. The summed E-state index contributed by atoms with van der Waals surface area (Å²) in [5.41, 5.74) is 14.0. The average Bonchev–Trinajstić information content (AvgIpc) is 3.76. The highest BCUT2D eigenvalue weighted by Crippen LogP contribution is 2.34. The van der Waals surface area contributed by atoms with Crippen LogP contribution in [0.25, 0.3) is 29.0 Å². The largest absolute Gasteiger partial charge is 0.470 e. The summed E-state index contributed by atoms with van der Waals surface area (Å²) in [5, 5.41) is 4.51. The molecule has 1 amide bonds. The van der Waals surface area contributed by atoms with Gasteiger partial charge in [-0.3, -0.25) is 4.79 Å². The first-order valence-electron chi connectivity index (χ1n) is 17.7. The predicted octanol–water partition coefficient (Wildman–Crippen LogP) is 8.81. The molecule has 6 heteroatoms. The van der Waals surface area contributed by atoms with Gasteiger partial charge in [-0.1, -0.05) is 64.1 Å². The number of fused-ring (bicyclic) bond motifs is 1. The Balaban J connectivity index is 1.35. The third-order valence-corrected chi connectivity index (χ3v) is 10.3. The molecule has 0 radical (unpaired) electrons. The molecule has 2 aromatic carbocycles. The molecule has 2 aromatic heterocycles. The van der Waals surface area contributed by atoms with Crippen LogP contribution in [-0.4, -0.2) is 27.5 Å². The van der Waals surface area contributed by atoms with E-state index in [1.165, 1.54) is 38.6 Å². The van der Waals surface area contributed by atoms with Gasteiger partial charge in [0.1, 0.15) is 6.10 Å². The Morgan fingerprint density at radius 2 is 1.43 bits per heavy atom. The highest BCUT2D eigenvalue weighted by Gasteiger charge is 2.24. The van der Waals surface area contributed by atoms with E-state index in [0.717, 1.165) is 81.5 Å². The van der Waals surface area contributed by atoms with E-state index in [1.807, 2.05) is 13.0 Å². The third kappa shape index (κ3) is 6.32. The molecule has 0 spiro atoms. The fourth-order valence-electron chi connectivity index (χ4n) is 7.33. The molecule has 0 aliphatic carbocycles. The van der Waals surface area contributed by atoms with Gasteiger partial charge in [0, 0.05) is 33.2 Å². The molecule has 4 heterocycles. The fourth-order valence-corrected chi connectivity index (χ4v) is 7.33. The van der Waals surface area contributed by atoms with E-state index in [-0.39, 0.29) is 12.0 Å². The van der Waals surface area contributed by atoms with Crippen LogP contribution in [0.5, 0.6) is 0 Å². The Kier molecular flexibility index (Phi) is 9.60. The Bertz CT molecular complexity index is 2260. The van der Waals surface area contributed by atoms with Crippen LogP contribution in [0.15, 0.2) is 80.4 Å². The van der Waals surface area contributed by atoms with Gasteiger partial charge in [-0.15, -0.1) is 0 Å². The van der Waals surface area contributed by atoms with Crippen molar-refractivity contribution in [1.82, 2.24) is 9.97 Å². The van der Waals surface area contributed by atoms with E-state index in [9.17, 15) is 4.79 Å². The molecule has 2 N–H and O–H groups in total. The molecule has 49 heavy (non-hydrogen) atoms. The van der Waals surface area contributed by atoms with Gasteiger partial charge in [0.2, 0.25) is 5.90 Å². The number of aliphatic imine (C=N–C) groups is 2. The lowest BCUT2D eigenvalue weighted by atomic mass is 10.0. The molecule has 252 valence electrons. The van der Waals surface area contributed by atoms with E-state index in [0.29, 0.717) is 5.90 Å².